The molecule has 6 heteroatoms. The summed E-state index contributed by atoms with van der Waals surface area (Å²) >= 11 is 0. The van der Waals surface area contributed by atoms with Crippen molar-refractivity contribution in [2.45, 2.75) is 368 Å². The number of carbonyl (C=O) groups excluding carboxylic acids is 3. The molecule has 0 aromatic heterocycles. The van der Waals surface area contributed by atoms with Gasteiger partial charge in [-0.15, -0.1) is 0 Å². The van der Waals surface area contributed by atoms with Gasteiger partial charge < -0.3 is 14.2 Å². The zero-order valence-electron chi connectivity index (χ0n) is 48.2. The van der Waals surface area contributed by atoms with Crippen LogP contribution < -0.4 is 0 Å². The smallest absolute Gasteiger partial charge is 0.306 e. The Hall–Kier alpha value is -1.59. The lowest BCUT2D eigenvalue weighted by Gasteiger charge is -2.18. The van der Waals surface area contributed by atoms with Crippen molar-refractivity contribution in [1.82, 2.24) is 0 Å². The van der Waals surface area contributed by atoms with Crippen LogP contribution in [0.1, 0.15) is 362 Å². The second kappa shape index (κ2) is 56.7. The summed E-state index contributed by atoms with van der Waals surface area (Å²) in [6.07, 6.45) is 62.3. The first kappa shape index (κ1) is 68.4. The molecule has 3 atom stereocenters. The molecule has 0 rings (SSSR count). The Morgan fingerprint density at radius 1 is 0.286 bits per heavy atom. The van der Waals surface area contributed by atoms with Crippen molar-refractivity contribution in [3.05, 3.63) is 0 Å². The van der Waals surface area contributed by atoms with Gasteiger partial charge >= 0.3 is 17.9 Å². The first-order valence-corrected chi connectivity index (χ1v) is 31.8. The fourth-order valence-electron chi connectivity index (χ4n) is 9.87. The number of carbonyl (C=O) groups is 3. The van der Waals surface area contributed by atoms with Gasteiger partial charge in [0.1, 0.15) is 13.2 Å². The van der Waals surface area contributed by atoms with Crippen LogP contribution in [0.3, 0.4) is 0 Å². The molecule has 416 valence electrons. The molecule has 0 amide bonds. The maximum Gasteiger partial charge on any atom is 0.306 e. The second-order valence-electron chi connectivity index (χ2n) is 22.5. The van der Waals surface area contributed by atoms with Crippen LogP contribution >= 0.6 is 0 Å². The van der Waals surface area contributed by atoms with Gasteiger partial charge in [-0.1, -0.05) is 324 Å². The highest BCUT2D eigenvalue weighted by Gasteiger charge is 2.19. The van der Waals surface area contributed by atoms with Crippen LogP contribution in [0.15, 0.2) is 0 Å². The molecule has 0 aliphatic heterocycles. The Balaban J connectivity index is 4.25. The maximum atomic E-state index is 12.9. The molecule has 0 saturated carbocycles. The van der Waals surface area contributed by atoms with Gasteiger partial charge in [0.25, 0.3) is 0 Å². The third kappa shape index (κ3) is 54.2. The van der Waals surface area contributed by atoms with Crippen molar-refractivity contribution < 1.29 is 28.6 Å². The molecule has 0 aromatic rings. The number of unbranched alkanes of at least 4 members (excludes halogenated alkanes) is 41. The highest BCUT2D eigenvalue weighted by molar-refractivity contribution is 5.71. The van der Waals surface area contributed by atoms with Crippen LogP contribution in [-0.4, -0.2) is 37.2 Å². The molecule has 0 aliphatic carbocycles. The minimum absolute atomic E-state index is 0.0622. The predicted molar refractivity (Wildman–Crippen MR) is 303 cm³/mol. The van der Waals surface area contributed by atoms with Crippen molar-refractivity contribution in [1.29, 1.82) is 0 Å². The summed E-state index contributed by atoms with van der Waals surface area (Å²) in [6.45, 7) is 11.5. The summed E-state index contributed by atoms with van der Waals surface area (Å²) in [5.41, 5.74) is 0. The van der Waals surface area contributed by atoms with E-state index in [0.29, 0.717) is 19.3 Å². The Morgan fingerprint density at radius 3 is 0.743 bits per heavy atom. The Labute approximate surface area is 438 Å². The van der Waals surface area contributed by atoms with E-state index < -0.39 is 6.10 Å². The summed E-state index contributed by atoms with van der Waals surface area (Å²) in [5.74, 6) is 0.944. The van der Waals surface area contributed by atoms with Gasteiger partial charge in [-0.2, -0.15) is 0 Å². The zero-order chi connectivity index (χ0) is 51.1. The molecule has 0 fully saturated rings. The number of rotatable bonds is 58. The molecule has 70 heavy (non-hydrogen) atoms. The van der Waals surface area contributed by atoms with Crippen LogP contribution in [-0.2, 0) is 28.6 Å². The molecule has 0 aliphatic rings. The fourth-order valence-corrected chi connectivity index (χ4v) is 9.87. The summed E-state index contributed by atoms with van der Waals surface area (Å²) in [5, 5.41) is 0. The van der Waals surface area contributed by atoms with Crippen molar-refractivity contribution in [3.8, 4) is 0 Å². The van der Waals surface area contributed by atoms with E-state index in [1.165, 1.54) is 250 Å². The molecule has 0 bridgehead atoms. The molecule has 6 nitrogen and oxygen atoms in total. The number of hydrogen-bond donors (Lipinski definition) is 0. The largest absolute Gasteiger partial charge is 0.462 e. The Morgan fingerprint density at radius 2 is 0.500 bits per heavy atom. The molecule has 0 spiro atoms. The second-order valence-corrected chi connectivity index (χ2v) is 22.5. The van der Waals surface area contributed by atoms with Crippen molar-refractivity contribution in [2.24, 2.45) is 11.8 Å². The van der Waals surface area contributed by atoms with Crippen LogP contribution in [0.25, 0.3) is 0 Å². The molecule has 0 N–H and O–H groups in total. The SMILES string of the molecule is CCCCCCCCCCCCCCCCCCC(=O)OC[C@H](COC(=O)CCCCCCCCCCCCCCCCCCCCC(C)CC)OC(=O)CCCCCCCCCCCCC(C)CC. The molecule has 0 heterocycles. The number of hydrogen-bond acceptors (Lipinski definition) is 6. The molecular weight excluding hydrogens is 865 g/mol. The van der Waals surface area contributed by atoms with E-state index in [-0.39, 0.29) is 31.1 Å². The van der Waals surface area contributed by atoms with Crippen LogP contribution in [0.5, 0.6) is 0 Å². The molecule has 0 saturated heterocycles. The quantitative estimate of drug-likeness (QED) is 0.0343. The van der Waals surface area contributed by atoms with E-state index in [9.17, 15) is 14.4 Å². The monoisotopic (exact) mass is 989 g/mol. The van der Waals surface area contributed by atoms with E-state index in [0.717, 1.165) is 69.6 Å². The summed E-state index contributed by atoms with van der Waals surface area (Å²) in [6, 6.07) is 0. The standard InChI is InChI=1S/C64H124O6/c1-6-9-10-11-12-13-14-15-16-22-25-28-34-39-44-49-54-62(65)68-57-61(70-64(67)56-51-46-41-36-31-30-33-38-43-48-53-60(5)8-3)58-69-63(66)55-50-45-40-35-29-26-23-20-18-17-19-21-24-27-32-37-42-47-52-59(4)7-2/h59-61H,6-58H2,1-5H3/t59?,60?,61-/m1/s1. The normalized spacial score (nSPS) is 12.8. The summed E-state index contributed by atoms with van der Waals surface area (Å²) in [4.78, 5) is 38.3. The van der Waals surface area contributed by atoms with Crippen LogP contribution in [0.4, 0.5) is 0 Å². The van der Waals surface area contributed by atoms with E-state index in [1.807, 2.05) is 0 Å². The van der Waals surface area contributed by atoms with Crippen molar-refractivity contribution in [2.75, 3.05) is 13.2 Å². The first-order valence-electron chi connectivity index (χ1n) is 31.8. The van der Waals surface area contributed by atoms with Crippen LogP contribution in [0, 0.1) is 11.8 Å². The van der Waals surface area contributed by atoms with Crippen molar-refractivity contribution >= 4 is 17.9 Å². The minimum Gasteiger partial charge on any atom is -0.462 e. The Kier molecular flexibility index (Phi) is 55.4. The predicted octanol–water partition coefficient (Wildman–Crippen LogP) is 21.2. The Bertz CT molecular complexity index is 1080. The third-order valence-corrected chi connectivity index (χ3v) is 15.4. The summed E-state index contributed by atoms with van der Waals surface area (Å²) in [7, 11) is 0. The molecule has 0 radical (unpaired) electrons. The lowest BCUT2D eigenvalue weighted by Crippen LogP contribution is -2.30. The van der Waals surface area contributed by atoms with Crippen molar-refractivity contribution in [3.63, 3.8) is 0 Å². The highest BCUT2D eigenvalue weighted by atomic mass is 16.6. The lowest BCUT2D eigenvalue weighted by atomic mass is 9.99. The third-order valence-electron chi connectivity index (χ3n) is 15.4. The minimum atomic E-state index is -0.764. The van der Waals surface area contributed by atoms with Crippen LogP contribution in [0.2, 0.25) is 0 Å². The zero-order valence-corrected chi connectivity index (χ0v) is 48.2. The average Bonchev–Trinajstić information content (AvgIpc) is 3.36. The van der Waals surface area contributed by atoms with Gasteiger partial charge in [-0.25, -0.2) is 0 Å². The number of esters is 3. The molecule has 2 unspecified atom stereocenters. The first-order chi connectivity index (χ1) is 34.3. The molecule has 0 aromatic carbocycles. The summed E-state index contributed by atoms with van der Waals surface area (Å²) < 4.78 is 16.9. The van der Waals surface area contributed by atoms with E-state index in [4.69, 9.17) is 14.2 Å². The highest BCUT2D eigenvalue weighted by Crippen LogP contribution is 2.20. The van der Waals surface area contributed by atoms with Gasteiger partial charge in [0, 0.05) is 19.3 Å². The van der Waals surface area contributed by atoms with E-state index >= 15 is 0 Å². The van der Waals surface area contributed by atoms with Gasteiger partial charge in [0.05, 0.1) is 0 Å². The maximum absolute atomic E-state index is 12.9. The number of ether oxygens (including phenoxy) is 3. The fraction of sp³-hybridized carbons (Fsp3) is 0.953. The van der Waals surface area contributed by atoms with E-state index in [2.05, 4.69) is 34.6 Å². The van der Waals surface area contributed by atoms with Gasteiger partial charge in [-0.05, 0) is 31.1 Å². The molecular formula is C64H124O6. The van der Waals surface area contributed by atoms with E-state index in [1.54, 1.807) is 0 Å². The van der Waals surface area contributed by atoms with Gasteiger partial charge in [0.2, 0.25) is 0 Å². The topological polar surface area (TPSA) is 78.9 Å². The van der Waals surface area contributed by atoms with Gasteiger partial charge in [0.15, 0.2) is 6.10 Å². The van der Waals surface area contributed by atoms with Gasteiger partial charge in [-0.3, -0.25) is 14.4 Å². The lowest BCUT2D eigenvalue weighted by molar-refractivity contribution is -0.167. The average molecular weight is 990 g/mol.